The Kier molecular flexibility index (Phi) is 3.30. The van der Waals surface area contributed by atoms with Gasteiger partial charge in [-0.2, -0.15) is 0 Å². The quantitative estimate of drug-likeness (QED) is 0.369. The van der Waals surface area contributed by atoms with E-state index in [2.05, 4.69) is 19.7 Å². The van der Waals surface area contributed by atoms with Crippen LogP contribution in [0.3, 0.4) is 0 Å². The Balaban J connectivity index is 2.27. The predicted octanol–water partition coefficient (Wildman–Crippen LogP) is -3.97. The molecule has 0 unspecified atom stereocenters. The van der Waals surface area contributed by atoms with Crippen LogP contribution in [0.5, 0.6) is 0 Å². The summed E-state index contributed by atoms with van der Waals surface area (Å²) in [6, 6.07) is 0.767. The summed E-state index contributed by atoms with van der Waals surface area (Å²) in [5, 5.41) is 0. The molecule has 0 aromatic rings. The lowest BCUT2D eigenvalue weighted by Gasteiger charge is -2.30. The Labute approximate surface area is 69.1 Å². The van der Waals surface area contributed by atoms with Crippen LogP contribution in [0.25, 0.3) is 0 Å². The lowest BCUT2D eigenvalue weighted by molar-refractivity contribution is -1.02. The zero-order chi connectivity index (χ0) is 8.27. The molecule has 0 aromatic carbocycles. The van der Waals surface area contributed by atoms with E-state index in [9.17, 15) is 0 Å². The van der Waals surface area contributed by atoms with E-state index in [1.165, 1.54) is 26.2 Å². The van der Waals surface area contributed by atoms with Gasteiger partial charge in [0.05, 0.1) is 7.05 Å². The van der Waals surface area contributed by atoms with Crippen molar-refractivity contribution in [3.8, 4) is 0 Å². The molecule has 66 valence electrons. The highest BCUT2D eigenvalue weighted by atomic mass is 15.3. The average molecular weight is 160 g/mol. The van der Waals surface area contributed by atoms with Crippen molar-refractivity contribution in [2.45, 2.75) is 13.0 Å². The first kappa shape index (κ1) is 8.97. The van der Waals surface area contributed by atoms with Gasteiger partial charge in [-0.15, -0.1) is 0 Å². The number of rotatable bonds is 2. The number of nitrogens with one attached hydrogen (secondary N) is 2. The Morgan fingerprint density at radius 2 is 1.82 bits per heavy atom. The molecule has 1 saturated heterocycles. The molecular weight excluding hydrogens is 138 g/mol. The van der Waals surface area contributed by atoms with E-state index in [0.29, 0.717) is 0 Å². The van der Waals surface area contributed by atoms with Crippen LogP contribution in [0.4, 0.5) is 0 Å². The van der Waals surface area contributed by atoms with Gasteiger partial charge in [0.1, 0.15) is 38.8 Å². The first-order valence-electron chi connectivity index (χ1n) is 4.69. The molecule has 5 N–H and O–H groups in total. The molecule has 0 radical (unpaired) electrons. The third-order valence-corrected chi connectivity index (χ3v) is 2.88. The summed E-state index contributed by atoms with van der Waals surface area (Å²) >= 11 is 0. The van der Waals surface area contributed by atoms with Gasteiger partial charge in [-0.3, -0.25) is 0 Å². The second-order valence-electron chi connectivity index (χ2n) is 3.81. The van der Waals surface area contributed by atoms with Crippen molar-refractivity contribution in [3.63, 3.8) is 0 Å². The number of likely N-dealkylation sites (N-methyl/N-ethyl adjacent to an activating group) is 1. The van der Waals surface area contributed by atoms with Crippen molar-refractivity contribution in [1.29, 1.82) is 0 Å². The summed E-state index contributed by atoms with van der Waals surface area (Å²) in [4.78, 5) is 3.44. The van der Waals surface area contributed by atoms with E-state index < -0.39 is 0 Å². The summed E-state index contributed by atoms with van der Waals surface area (Å²) in [5.74, 6) is 0. The second-order valence-corrected chi connectivity index (χ2v) is 3.81. The number of piperazine rings is 1. The molecule has 1 aliphatic heterocycles. The van der Waals surface area contributed by atoms with E-state index >= 15 is 0 Å². The third-order valence-electron chi connectivity index (χ3n) is 2.88. The lowest BCUT2D eigenvalue weighted by atomic mass is 10.2. The highest BCUT2D eigenvalue weighted by Gasteiger charge is 2.24. The van der Waals surface area contributed by atoms with Gasteiger partial charge in [0.2, 0.25) is 0 Å². The maximum atomic E-state index is 3.95. The van der Waals surface area contributed by atoms with Crippen molar-refractivity contribution in [2.75, 3.05) is 39.8 Å². The first-order chi connectivity index (χ1) is 5.24. The Bertz CT molecular complexity index is 108. The molecule has 1 heterocycles. The zero-order valence-corrected chi connectivity index (χ0v) is 7.82. The standard InChI is InChI=1S/C8H19N3/c1-8(7-9)11-5-3-10(2)4-6-11/h8H,3-7,9H2,1-2H3/p+3/t8-/m1/s1. The molecule has 0 aliphatic carbocycles. The van der Waals surface area contributed by atoms with Gasteiger partial charge >= 0.3 is 0 Å². The predicted molar refractivity (Wildman–Crippen MR) is 44.5 cm³/mol. The molecule has 0 amide bonds. The van der Waals surface area contributed by atoms with Crippen LogP contribution in [0, 0.1) is 0 Å². The van der Waals surface area contributed by atoms with Crippen molar-refractivity contribution >= 4 is 0 Å². The summed E-state index contributed by atoms with van der Waals surface area (Å²) in [7, 11) is 2.28. The zero-order valence-electron chi connectivity index (χ0n) is 7.82. The molecule has 1 atom stereocenters. The molecule has 0 bridgehead atoms. The molecule has 3 nitrogen and oxygen atoms in total. The van der Waals surface area contributed by atoms with Crippen LogP contribution >= 0.6 is 0 Å². The molecule has 11 heavy (non-hydrogen) atoms. The topological polar surface area (TPSA) is 36.5 Å². The molecular formula is C8H22N3+3. The number of quaternary nitrogens is 3. The second kappa shape index (κ2) is 4.04. The summed E-state index contributed by atoms with van der Waals surface area (Å²) in [6.07, 6.45) is 0. The van der Waals surface area contributed by atoms with Crippen LogP contribution in [0.1, 0.15) is 6.92 Å². The van der Waals surface area contributed by atoms with Gasteiger partial charge in [0.25, 0.3) is 0 Å². The van der Waals surface area contributed by atoms with Gasteiger partial charge in [0, 0.05) is 0 Å². The van der Waals surface area contributed by atoms with Crippen molar-refractivity contribution in [3.05, 3.63) is 0 Å². The normalized spacial score (nSPS) is 35.2. The molecule has 1 rings (SSSR count). The molecule has 1 fully saturated rings. The highest BCUT2D eigenvalue weighted by Crippen LogP contribution is 1.67. The fourth-order valence-corrected chi connectivity index (χ4v) is 1.69. The maximum Gasteiger partial charge on any atom is 0.134 e. The minimum Gasteiger partial charge on any atom is -0.353 e. The van der Waals surface area contributed by atoms with Crippen molar-refractivity contribution in [2.24, 2.45) is 0 Å². The van der Waals surface area contributed by atoms with E-state index in [1.54, 1.807) is 9.80 Å². The number of hydrogen-bond acceptors (Lipinski definition) is 0. The van der Waals surface area contributed by atoms with Gasteiger partial charge in [-0.05, 0) is 6.92 Å². The fourth-order valence-electron chi connectivity index (χ4n) is 1.69. The fraction of sp³-hybridized carbons (Fsp3) is 1.00. The van der Waals surface area contributed by atoms with Gasteiger partial charge in [0.15, 0.2) is 0 Å². The van der Waals surface area contributed by atoms with Crippen LogP contribution in [0.2, 0.25) is 0 Å². The van der Waals surface area contributed by atoms with E-state index in [-0.39, 0.29) is 0 Å². The third kappa shape index (κ3) is 2.43. The van der Waals surface area contributed by atoms with Crippen LogP contribution in [-0.4, -0.2) is 45.8 Å². The molecule has 0 spiro atoms. The molecule has 1 aliphatic rings. The lowest BCUT2D eigenvalue weighted by Crippen LogP contribution is -3.29. The number of hydrogen-bond donors (Lipinski definition) is 3. The molecule has 0 aromatic heterocycles. The van der Waals surface area contributed by atoms with Crippen LogP contribution in [0.15, 0.2) is 0 Å². The highest BCUT2D eigenvalue weighted by molar-refractivity contribution is 4.44. The summed E-state index contributed by atoms with van der Waals surface area (Å²) in [5.41, 5.74) is 3.95. The first-order valence-corrected chi connectivity index (χ1v) is 4.69. The molecule has 0 saturated carbocycles. The molecule has 3 heteroatoms. The average Bonchev–Trinajstić information content (AvgIpc) is 2.05. The van der Waals surface area contributed by atoms with Gasteiger partial charge in [-0.1, -0.05) is 0 Å². The van der Waals surface area contributed by atoms with Gasteiger partial charge in [-0.25, -0.2) is 0 Å². The Hall–Kier alpha value is -0.120. The SMILES string of the molecule is C[C@H](C[NH3+])[NH+]1CC[NH+](C)CC1. The van der Waals surface area contributed by atoms with E-state index in [0.717, 1.165) is 12.6 Å². The minimum absolute atomic E-state index is 0.767. The smallest absolute Gasteiger partial charge is 0.134 e. The van der Waals surface area contributed by atoms with Crippen molar-refractivity contribution in [1.82, 2.24) is 0 Å². The summed E-state index contributed by atoms with van der Waals surface area (Å²) < 4.78 is 0. The van der Waals surface area contributed by atoms with Crippen molar-refractivity contribution < 1.29 is 15.5 Å². The Morgan fingerprint density at radius 3 is 2.27 bits per heavy atom. The van der Waals surface area contributed by atoms with Crippen LogP contribution < -0.4 is 15.5 Å². The summed E-state index contributed by atoms with van der Waals surface area (Å²) in [6.45, 7) is 8.72. The Morgan fingerprint density at radius 1 is 1.27 bits per heavy atom. The van der Waals surface area contributed by atoms with Gasteiger partial charge < -0.3 is 15.5 Å². The maximum absolute atomic E-state index is 3.95. The monoisotopic (exact) mass is 160 g/mol. The van der Waals surface area contributed by atoms with E-state index in [4.69, 9.17) is 0 Å². The largest absolute Gasteiger partial charge is 0.353 e. The van der Waals surface area contributed by atoms with Crippen LogP contribution in [-0.2, 0) is 0 Å². The minimum atomic E-state index is 0.767. The van der Waals surface area contributed by atoms with E-state index in [1.807, 2.05) is 0 Å².